The van der Waals surface area contributed by atoms with Gasteiger partial charge in [0.2, 0.25) is 0 Å². The zero-order valence-corrected chi connectivity index (χ0v) is 13.1. The van der Waals surface area contributed by atoms with Gasteiger partial charge in [0.15, 0.2) is 6.73 Å². The van der Waals surface area contributed by atoms with Crippen LogP contribution < -0.4 is 15.4 Å². The molecule has 0 heterocycles. The average Bonchev–Trinajstić information content (AvgIpc) is 2.46. The van der Waals surface area contributed by atoms with Crippen molar-refractivity contribution in [3.05, 3.63) is 29.3 Å². The number of benzene rings is 1. The number of rotatable bonds is 9. The summed E-state index contributed by atoms with van der Waals surface area (Å²) in [6, 6.07) is 5.48. The number of urea groups is 1. The third-order valence-electron chi connectivity index (χ3n) is 3.30. The molecule has 0 aliphatic heterocycles. The lowest BCUT2D eigenvalue weighted by Crippen LogP contribution is -2.38. The van der Waals surface area contributed by atoms with Crippen LogP contribution in [0, 0.1) is 13.8 Å². The fraction of sp³-hybridized carbons (Fsp3) is 0.500. The quantitative estimate of drug-likeness (QED) is 0.483. The Morgan fingerprint density at radius 1 is 1.09 bits per heavy atom. The zero-order valence-electron chi connectivity index (χ0n) is 13.1. The van der Waals surface area contributed by atoms with Crippen LogP contribution in [0.2, 0.25) is 0 Å². The first-order valence-corrected chi connectivity index (χ1v) is 7.42. The van der Waals surface area contributed by atoms with Gasteiger partial charge in [-0.15, -0.1) is 0 Å². The Balaban J connectivity index is 2.08. The van der Waals surface area contributed by atoms with E-state index in [0.29, 0.717) is 13.0 Å². The molecule has 0 aliphatic carbocycles. The summed E-state index contributed by atoms with van der Waals surface area (Å²) in [6.45, 7) is 4.66. The van der Waals surface area contributed by atoms with E-state index in [-0.39, 0.29) is 19.2 Å². The highest BCUT2D eigenvalue weighted by molar-refractivity contribution is 5.73. The highest BCUT2D eigenvalue weighted by Crippen LogP contribution is 2.15. The van der Waals surface area contributed by atoms with Crippen LogP contribution in [0.5, 0.6) is 5.75 Å². The first kappa shape index (κ1) is 17.8. The number of carboxylic acids is 1. The standard InChI is InChI=1S/C16H24N2O4/c1-12-7-8-14(10-13(12)2)22-11-18-16(21)17-9-5-3-4-6-15(19)20/h7-8,10H,3-6,9,11H2,1-2H3,(H,19,20)(H2,17,18,21). The maximum Gasteiger partial charge on any atom is 0.317 e. The molecule has 0 spiro atoms. The summed E-state index contributed by atoms with van der Waals surface area (Å²) < 4.78 is 5.45. The number of amides is 2. The van der Waals surface area contributed by atoms with Crippen LogP contribution in [0.15, 0.2) is 18.2 Å². The molecule has 2 amide bonds. The number of carbonyl (C=O) groups excluding carboxylic acids is 1. The molecule has 0 fully saturated rings. The van der Waals surface area contributed by atoms with Gasteiger partial charge in [-0.2, -0.15) is 0 Å². The fourth-order valence-corrected chi connectivity index (χ4v) is 1.83. The maximum absolute atomic E-state index is 11.5. The van der Waals surface area contributed by atoms with Gasteiger partial charge in [0.25, 0.3) is 0 Å². The van der Waals surface area contributed by atoms with Gasteiger partial charge in [0.05, 0.1) is 0 Å². The minimum atomic E-state index is -0.783. The van der Waals surface area contributed by atoms with Crippen molar-refractivity contribution in [3.63, 3.8) is 0 Å². The van der Waals surface area contributed by atoms with Gasteiger partial charge >= 0.3 is 12.0 Å². The number of aryl methyl sites for hydroxylation is 2. The molecule has 0 saturated heterocycles. The minimum absolute atomic E-state index is 0.105. The van der Waals surface area contributed by atoms with E-state index >= 15 is 0 Å². The lowest BCUT2D eigenvalue weighted by molar-refractivity contribution is -0.137. The Bertz CT molecular complexity index is 503. The molecule has 122 valence electrons. The van der Waals surface area contributed by atoms with E-state index < -0.39 is 5.97 Å². The van der Waals surface area contributed by atoms with E-state index in [9.17, 15) is 9.59 Å². The third-order valence-corrected chi connectivity index (χ3v) is 3.30. The molecule has 0 aliphatic rings. The van der Waals surface area contributed by atoms with Crippen LogP contribution >= 0.6 is 0 Å². The van der Waals surface area contributed by atoms with Gasteiger partial charge in [0.1, 0.15) is 5.75 Å². The lowest BCUT2D eigenvalue weighted by atomic mass is 10.1. The molecule has 0 atom stereocenters. The number of hydrogen-bond donors (Lipinski definition) is 3. The molecular weight excluding hydrogens is 284 g/mol. The van der Waals surface area contributed by atoms with Gasteiger partial charge < -0.3 is 20.5 Å². The van der Waals surface area contributed by atoms with Gasteiger partial charge in [-0.25, -0.2) is 4.79 Å². The summed E-state index contributed by atoms with van der Waals surface area (Å²) in [5.74, 6) is -0.0636. The number of carbonyl (C=O) groups is 2. The van der Waals surface area contributed by atoms with Crippen molar-refractivity contribution in [2.45, 2.75) is 39.5 Å². The molecular formula is C16H24N2O4. The number of hydrogen-bond acceptors (Lipinski definition) is 3. The van der Waals surface area contributed by atoms with Crippen molar-refractivity contribution in [2.24, 2.45) is 0 Å². The van der Waals surface area contributed by atoms with Crippen molar-refractivity contribution in [3.8, 4) is 5.75 Å². The highest BCUT2D eigenvalue weighted by Gasteiger charge is 2.01. The Kier molecular flexibility index (Phi) is 7.81. The second kappa shape index (κ2) is 9.65. The molecule has 6 heteroatoms. The van der Waals surface area contributed by atoms with Gasteiger partial charge in [-0.3, -0.25) is 4.79 Å². The number of ether oxygens (including phenoxy) is 1. The molecule has 22 heavy (non-hydrogen) atoms. The predicted molar refractivity (Wildman–Crippen MR) is 84.0 cm³/mol. The van der Waals surface area contributed by atoms with E-state index in [1.807, 2.05) is 32.0 Å². The molecule has 3 N–H and O–H groups in total. The minimum Gasteiger partial charge on any atom is -0.481 e. The van der Waals surface area contributed by atoms with Crippen molar-refractivity contribution < 1.29 is 19.4 Å². The third kappa shape index (κ3) is 7.52. The van der Waals surface area contributed by atoms with Crippen molar-refractivity contribution >= 4 is 12.0 Å². The van der Waals surface area contributed by atoms with Crippen molar-refractivity contribution in [1.82, 2.24) is 10.6 Å². The molecule has 0 bridgehead atoms. The molecule has 1 aromatic carbocycles. The Morgan fingerprint density at radius 3 is 2.55 bits per heavy atom. The van der Waals surface area contributed by atoms with E-state index in [0.717, 1.165) is 24.2 Å². The summed E-state index contributed by atoms with van der Waals surface area (Å²) in [5, 5.41) is 13.8. The number of nitrogens with one attached hydrogen (secondary N) is 2. The number of aliphatic carboxylic acids is 1. The Labute approximate surface area is 130 Å². The molecule has 0 saturated carbocycles. The monoisotopic (exact) mass is 308 g/mol. The molecule has 1 rings (SSSR count). The van der Waals surface area contributed by atoms with Crippen molar-refractivity contribution in [1.29, 1.82) is 0 Å². The van der Waals surface area contributed by atoms with E-state index in [1.54, 1.807) is 0 Å². The smallest absolute Gasteiger partial charge is 0.317 e. The van der Waals surface area contributed by atoms with Gasteiger partial charge in [0, 0.05) is 13.0 Å². The zero-order chi connectivity index (χ0) is 16.4. The predicted octanol–water partition coefficient (Wildman–Crippen LogP) is 2.58. The van der Waals surface area contributed by atoms with Gasteiger partial charge in [-0.1, -0.05) is 12.5 Å². The van der Waals surface area contributed by atoms with Crippen LogP contribution in [0.25, 0.3) is 0 Å². The fourth-order valence-electron chi connectivity index (χ4n) is 1.83. The SMILES string of the molecule is Cc1ccc(OCNC(=O)NCCCCCC(=O)O)cc1C. The highest BCUT2D eigenvalue weighted by atomic mass is 16.5. The lowest BCUT2D eigenvalue weighted by Gasteiger charge is -2.10. The van der Waals surface area contributed by atoms with Crippen LogP contribution in [0.4, 0.5) is 4.79 Å². The van der Waals surface area contributed by atoms with E-state index in [2.05, 4.69) is 10.6 Å². The second-order valence-electron chi connectivity index (χ2n) is 5.17. The maximum atomic E-state index is 11.5. The molecule has 0 unspecified atom stereocenters. The Morgan fingerprint density at radius 2 is 1.86 bits per heavy atom. The Hall–Kier alpha value is -2.24. The molecule has 0 radical (unpaired) electrons. The largest absolute Gasteiger partial charge is 0.481 e. The van der Waals surface area contributed by atoms with E-state index in [4.69, 9.17) is 9.84 Å². The molecule has 6 nitrogen and oxygen atoms in total. The normalized spacial score (nSPS) is 10.1. The van der Waals surface area contributed by atoms with Crippen LogP contribution in [-0.4, -0.2) is 30.4 Å². The summed E-state index contributed by atoms with van der Waals surface area (Å²) in [5.41, 5.74) is 2.34. The van der Waals surface area contributed by atoms with E-state index in [1.165, 1.54) is 5.56 Å². The summed E-state index contributed by atoms with van der Waals surface area (Å²) in [6.07, 6.45) is 2.36. The van der Waals surface area contributed by atoms with Crippen LogP contribution in [0.3, 0.4) is 0 Å². The summed E-state index contributed by atoms with van der Waals surface area (Å²) >= 11 is 0. The number of carboxylic acid groups (broad SMARTS) is 1. The summed E-state index contributed by atoms with van der Waals surface area (Å²) in [4.78, 5) is 21.8. The molecule has 0 aromatic heterocycles. The summed E-state index contributed by atoms with van der Waals surface area (Å²) in [7, 11) is 0. The second-order valence-corrected chi connectivity index (χ2v) is 5.17. The first-order chi connectivity index (χ1) is 10.5. The van der Waals surface area contributed by atoms with Crippen LogP contribution in [-0.2, 0) is 4.79 Å². The topological polar surface area (TPSA) is 87.7 Å². The average molecular weight is 308 g/mol. The van der Waals surface area contributed by atoms with Crippen molar-refractivity contribution in [2.75, 3.05) is 13.3 Å². The van der Waals surface area contributed by atoms with Gasteiger partial charge in [-0.05, 0) is 49.9 Å². The first-order valence-electron chi connectivity index (χ1n) is 7.42. The molecule has 1 aromatic rings. The van der Waals surface area contributed by atoms with Crippen LogP contribution in [0.1, 0.15) is 36.8 Å². The number of unbranched alkanes of at least 4 members (excludes halogenated alkanes) is 2.